The number of rotatable bonds is 8. The van der Waals surface area contributed by atoms with Crippen LogP contribution >= 0.6 is 11.3 Å². The summed E-state index contributed by atoms with van der Waals surface area (Å²) < 4.78 is 57.7. The standard InChI is InChI=1S/C27H26F4N6O2S/c1-14-9-17(18-10-16(23(30)31)3-4-21(18)39-2)19(11-32-14)25(38)36-27-35-24-26(40-27)34-20(12-33-24)15-5-7-37(8-6-15)13-22(28)29/h3-4,9-12,15,22-23H,5-8,13H2,1-2H3,(H,33,35,36,38). The number of thiazole rings is 1. The van der Waals surface area contributed by atoms with Gasteiger partial charge in [0.05, 0.1) is 31.1 Å². The van der Waals surface area contributed by atoms with Gasteiger partial charge in [-0.25, -0.2) is 27.5 Å². The zero-order valence-corrected chi connectivity index (χ0v) is 22.5. The van der Waals surface area contributed by atoms with E-state index in [9.17, 15) is 22.4 Å². The molecule has 1 saturated heterocycles. The molecule has 210 valence electrons. The van der Waals surface area contributed by atoms with Gasteiger partial charge in [0.25, 0.3) is 18.8 Å². The molecule has 13 heteroatoms. The third kappa shape index (κ3) is 6.04. The van der Waals surface area contributed by atoms with Crippen LogP contribution in [0.3, 0.4) is 0 Å². The molecule has 3 aromatic heterocycles. The number of fused-ring (bicyclic) bond motifs is 1. The minimum atomic E-state index is -2.69. The maximum Gasteiger partial charge on any atom is 0.263 e. The van der Waals surface area contributed by atoms with Gasteiger partial charge in [0.1, 0.15) is 5.75 Å². The molecular weight excluding hydrogens is 548 g/mol. The first-order valence-corrected chi connectivity index (χ1v) is 13.4. The summed E-state index contributed by atoms with van der Waals surface area (Å²) in [4.78, 5) is 33.4. The molecule has 0 spiro atoms. The summed E-state index contributed by atoms with van der Waals surface area (Å²) in [5, 5.41) is 3.02. The minimum Gasteiger partial charge on any atom is -0.496 e. The molecule has 1 fully saturated rings. The Morgan fingerprint density at radius 2 is 1.88 bits per heavy atom. The molecule has 1 N–H and O–H groups in total. The fraction of sp³-hybridized carbons (Fsp3) is 0.370. The number of hydrogen-bond donors (Lipinski definition) is 1. The van der Waals surface area contributed by atoms with E-state index in [1.54, 1.807) is 24.1 Å². The number of halogens is 4. The normalized spacial score (nSPS) is 14.8. The number of hydrogen-bond acceptors (Lipinski definition) is 8. The predicted molar refractivity (Wildman–Crippen MR) is 144 cm³/mol. The van der Waals surface area contributed by atoms with Crippen molar-refractivity contribution in [2.75, 3.05) is 32.1 Å². The number of anilines is 1. The number of aromatic nitrogens is 4. The molecule has 0 atom stereocenters. The van der Waals surface area contributed by atoms with Crippen LogP contribution < -0.4 is 10.1 Å². The maximum absolute atomic E-state index is 13.5. The van der Waals surface area contributed by atoms with E-state index in [2.05, 4.69) is 25.3 Å². The Balaban J connectivity index is 1.38. The van der Waals surface area contributed by atoms with Crippen LogP contribution in [-0.2, 0) is 0 Å². The Labute approximate surface area is 231 Å². The fourth-order valence-electron chi connectivity index (χ4n) is 4.79. The van der Waals surface area contributed by atoms with Crippen molar-refractivity contribution in [2.24, 2.45) is 0 Å². The molecule has 0 radical (unpaired) electrons. The van der Waals surface area contributed by atoms with Crippen molar-refractivity contribution in [2.45, 2.75) is 38.5 Å². The molecule has 1 amide bonds. The van der Waals surface area contributed by atoms with Crippen molar-refractivity contribution >= 4 is 32.9 Å². The number of benzene rings is 1. The van der Waals surface area contributed by atoms with Crippen LogP contribution in [0, 0.1) is 6.92 Å². The van der Waals surface area contributed by atoms with E-state index in [-0.39, 0.29) is 28.7 Å². The lowest BCUT2D eigenvalue weighted by atomic mass is 9.94. The molecule has 0 bridgehead atoms. The monoisotopic (exact) mass is 574 g/mol. The van der Waals surface area contributed by atoms with E-state index >= 15 is 0 Å². The van der Waals surface area contributed by atoms with Crippen LogP contribution in [0.5, 0.6) is 5.75 Å². The highest BCUT2D eigenvalue weighted by Crippen LogP contribution is 2.36. The van der Waals surface area contributed by atoms with Gasteiger partial charge in [-0.1, -0.05) is 11.3 Å². The van der Waals surface area contributed by atoms with Crippen molar-refractivity contribution in [3.8, 4) is 16.9 Å². The fourth-order valence-corrected chi connectivity index (χ4v) is 5.59. The van der Waals surface area contributed by atoms with Gasteiger partial charge in [0.2, 0.25) is 0 Å². The molecule has 0 unspecified atom stereocenters. The molecule has 8 nitrogen and oxygen atoms in total. The minimum absolute atomic E-state index is 0.103. The molecule has 1 aliphatic rings. The number of carbonyl (C=O) groups excluding carboxylic acids is 1. The number of alkyl halides is 4. The van der Waals surface area contributed by atoms with Crippen molar-refractivity contribution in [1.82, 2.24) is 24.8 Å². The first-order valence-electron chi connectivity index (χ1n) is 12.6. The number of likely N-dealkylation sites (tertiary alicyclic amines) is 1. The number of piperidine rings is 1. The van der Waals surface area contributed by atoms with Gasteiger partial charge < -0.3 is 4.74 Å². The number of aryl methyl sites for hydroxylation is 1. The van der Waals surface area contributed by atoms with Gasteiger partial charge >= 0.3 is 0 Å². The van der Waals surface area contributed by atoms with Gasteiger partial charge in [-0.2, -0.15) is 4.98 Å². The summed E-state index contributed by atoms with van der Waals surface area (Å²) in [6.45, 7) is 2.64. The summed E-state index contributed by atoms with van der Waals surface area (Å²) in [5.74, 6) is -0.0890. The van der Waals surface area contributed by atoms with Crippen LogP contribution in [0.4, 0.5) is 22.7 Å². The van der Waals surface area contributed by atoms with Gasteiger partial charge in [0.15, 0.2) is 15.6 Å². The van der Waals surface area contributed by atoms with Crippen LogP contribution in [-0.4, -0.2) is 63.9 Å². The number of pyridine rings is 1. The highest BCUT2D eigenvalue weighted by molar-refractivity contribution is 7.21. The van der Waals surface area contributed by atoms with Gasteiger partial charge in [-0.15, -0.1) is 0 Å². The van der Waals surface area contributed by atoms with Crippen molar-refractivity contribution < 1.29 is 27.1 Å². The Morgan fingerprint density at radius 1 is 1.10 bits per heavy atom. The summed E-state index contributed by atoms with van der Waals surface area (Å²) in [7, 11) is 1.43. The number of carbonyl (C=O) groups is 1. The van der Waals surface area contributed by atoms with Crippen molar-refractivity contribution in [1.29, 1.82) is 0 Å². The second-order valence-electron chi connectivity index (χ2n) is 9.49. The second kappa shape index (κ2) is 11.8. The molecule has 1 aliphatic heterocycles. The van der Waals surface area contributed by atoms with Gasteiger partial charge in [0, 0.05) is 34.5 Å². The summed E-state index contributed by atoms with van der Waals surface area (Å²) >= 11 is 1.16. The third-order valence-corrected chi connectivity index (χ3v) is 7.67. The van der Waals surface area contributed by atoms with E-state index in [0.717, 1.165) is 17.0 Å². The second-order valence-corrected chi connectivity index (χ2v) is 10.5. The molecule has 0 saturated carbocycles. The zero-order valence-electron chi connectivity index (χ0n) is 21.7. The van der Waals surface area contributed by atoms with Gasteiger partial charge in [-0.05, 0) is 57.1 Å². The maximum atomic E-state index is 13.5. The Hall–Kier alpha value is -3.71. The predicted octanol–water partition coefficient (Wildman–Crippen LogP) is 6.10. The molecule has 1 aromatic carbocycles. The Kier molecular flexibility index (Phi) is 8.22. The van der Waals surface area contributed by atoms with Crippen LogP contribution in [0.25, 0.3) is 21.6 Å². The molecule has 5 rings (SSSR count). The topological polar surface area (TPSA) is 93.1 Å². The molecule has 40 heavy (non-hydrogen) atoms. The zero-order chi connectivity index (χ0) is 28.4. The van der Waals surface area contributed by atoms with E-state index in [0.29, 0.717) is 59.0 Å². The number of nitrogens with one attached hydrogen (secondary N) is 1. The summed E-state index contributed by atoms with van der Waals surface area (Å²) in [6.07, 6.45) is -0.608. The number of nitrogens with zero attached hydrogens (tertiary/aromatic N) is 5. The highest BCUT2D eigenvalue weighted by Gasteiger charge is 2.25. The lowest BCUT2D eigenvalue weighted by Crippen LogP contribution is -2.36. The quantitative estimate of drug-likeness (QED) is 0.254. The number of ether oxygens (including phenoxy) is 1. The van der Waals surface area contributed by atoms with Crippen LogP contribution in [0.1, 0.15) is 52.5 Å². The van der Waals surface area contributed by atoms with Crippen LogP contribution in [0.15, 0.2) is 36.7 Å². The number of methoxy groups -OCH3 is 1. The summed E-state index contributed by atoms with van der Waals surface area (Å²) in [5.41, 5.74) is 2.42. The van der Waals surface area contributed by atoms with Crippen molar-refractivity contribution in [3.63, 3.8) is 0 Å². The summed E-state index contributed by atoms with van der Waals surface area (Å²) in [6, 6.07) is 5.67. The first-order chi connectivity index (χ1) is 19.2. The smallest absolute Gasteiger partial charge is 0.263 e. The van der Waals surface area contributed by atoms with E-state index in [1.807, 2.05) is 0 Å². The number of amides is 1. The SMILES string of the molecule is COc1ccc(C(F)F)cc1-c1cc(C)ncc1C(=O)Nc1nc2ncc(C3CCN(CC(F)F)CC3)nc2s1. The molecular formula is C27H26F4N6O2S. The average molecular weight is 575 g/mol. The van der Waals surface area contributed by atoms with E-state index in [1.165, 1.54) is 31.5 Å². The molecule has 0 aliphatic carbocycles. The molecule has 4 heterocycles. The van der Waals surface area contributed by atoms with Crippen LogP contribution in [0.2, 0.25) is 0 Å². The average Bonchev–Trinajstić information content (AvgIpc) is 3.34. The largest absolute Gasteiger partial charge is 0.496 e. The highest BCUT2D eigenvalue weighted by atomic mass is 32.1. The first kappa shape index (κ1) is 27.8. The Bertz CT molecular complexity index is 1520. The lowest BCUT2D eigenvalue weighted by molar-refractivity contribution is 0.0752. The van der Waals surface area contributed by atoms with Gasteiger partial charge in [-0.3, -0.25) is 20.0 Å². The lowest BCUT2D eigenvalue weighted by Gasteiger charge is -2.31. The van der Waals surface area contributed by atoms with Crippen molar-refractivity contribution in [3.05, 3.63) is 59.2 Å². The Morgan fingerprint density at radius 3 is 2.58 bits per heavy atom. The molecule has 4 aromatic rings. The van der Waals surface area contributed by atoms with E-state index < -0.39 is 18.8 Å². The van der Waals surface area contributed by atoms with E-state index in [4.69, 9.17) is 4.74 Å². The third-order valence-electron chi connectivity index (χ3n) is 6.82.